The van der Waals surface area contributed by atoms with Crippen LogP contribution < -0.4 is 10.9 Å². The van der Waals surface area contributed by atoms with E-state index in [4.69, 9.17) is 9.72 Å². The molecule has 1 fully saturated rings. The molecule has 4 heterocycles. The molecule has 2 aliphatic heterocycles. The number of carbonyl (C=O) groups is 2. The van der Waals surface area contributed by atoms with Gasteiger partial charge in [-0.3, -0.25) is 9.59 Å². The van der Waals surface area contributed by atoms with Gasteiger partial charge in [-0.25, -0.2) is 14.2 Å². The molecule has 4 aliphatic rings. The third kappa shape index (κ3) is 3.44. The van der Waals surface area contributed by atoms with Crippen molar-refractivity contribution in [2.45, 2.75) is 76.9 Å². The van der Waals surface area contributed by atoms with E-state index in [9.17, 15) is 24.6 Å². The molecule has 3 aromatic rings. The first-order chi connectivity index (χ1) is 18.7. The number of hydrogen-bond donors (Lipinski definition) is 3. The SMILES string of the molecule is CC[C@@]1(O)C(=O)OCc2c1cc1n(c2=O)Cc2c-1nc1cc(F)c3c(c1c2CNC(=O)[C@@H](O)C1CC1)CCC3. The molecule has 202 valence electrons. The molecule has 1 aromatic carbocycles. The maximum absolute atomic E-state index is 15.1. The highest BCUT2D eigenvalue weighted by Gasteiger charge is 2.45. The van der Waals surface area contributed by atoms with Gasteiger partial charge in [0.1, 0.15) is 18.5 Å². The first kappa shape index (κ1) is 24.4. The van der Waals surface area contributed by atoms with Gasteiger partial charge in [0.05, 0.1) is 29.0 Å². The van der Waals surface area contributed by atoms with Crippen LogP contribution in [0.2, 0.25) is 0 Å². The van der Waals surface area contributed by atoms with Crippen molar-refractivity contribution < 1.29 is 28.9 Å². The normalized spacial score (nSPS) is 21.7. The monoisotopic (exact) mass is 533 g/mol. The number of nitrogens with zero attached hydrogens (tertiary/aromatic N) is 2. The van der Waals surface area contributed by atoms with Gasteiger partial charge in [0, 0.05) is 29.1 Å². The number of rotatable bonds is 5. The molecular formula is C29H28FN3O6. The van der Waals surface area contributed by atoms with Crippen LogP contribution in [0, 0.1) is 11.7 Å². The van der Waals surface area contributed by atoms with Gasteiger partial charge in [0.25, 0.3) is 5.56 Å². The second-order valence-electron chi connectivity index (χ2n) is 11.1. The number of cyclic esters (lactones) is 1. The van der Waals surface area contributed by atoms with Crippen molar-refractivity contribution in [2.24, 2.45) is 5.92 Å². The van der Waals surface area contributed by atoms with E-state index in [1.165, 1.54) is 10.6 Å². The Morgan fingerprint density at radius 1 is 1.23 bits per heavy atom. The smallest absolute Gasteiger partial charge is 0.343 e. The second-order valence-corrected chi connectivity index (χ2v) is 11.1. The highest BCUT2D eigenvalue weighted by atomic mass is 19.1. The molecule has 0 bridgehead atoms. The summed E-state index contributed by atoms with van der Waals surface area (Å²) in [6.07, 6.45) is 2.69. The number of hydrogen-bond acceptors (Lipinski definition) is 7. The average Bonchev–Trinajstić information content (AvgIpc) is 3.54. The van der Waals surface area contributed by atoms with Gasteiger partial charge in [0.15, 0.2) is 5.60 Å². The van der Waals surface area contributed by atoms with Crippen LogP contribution in [0.3, 0.4) is 0 Å². The Kier molecular flexibility index (Phi) is 5.28. The quantitative estimate of drug-likeness (QED) is 0.335. The molecule has 7 rings (SSSR count). The second kappa shape index (κ2) is 8.43. The molecular weight excluding hydrogens is 505 g/mol. The number of aromatic nitrogens is 2. The number of esters is 1. The molecule has 0 spiro atoms. The Balaban J connectivity index is 1.43. The van der Waals surface area contributed by atoms with E-state index < -0.39 is 23.6 Å². The number of nitrogens with one attached hydrogen (secondary N) is 1. The Hall–Kier alpha value is -3.63. The number of pyridine rings is 2. The van der Waals surface area contributed by atoms with Gasteiger partial charge in [-0.15, -0.1) is 0 Å². The van der Waals surface area contributed by atoms with Crippen molar-refractivity contribution in [1.82, 2.24) is 14.9 Å². The van der Waals surface area contributed by atoms with Crippen LogP contribution in [-0.2, 0) is 52.5 Å². The fraction of sp³-hybridized carbons (Fsp3) is 0.448. The van der Waals surface area contributed by atoms with E-state index in [-0.39, 0.29) is 54.5 Å². The van der Waals surface area contributed by atoms with E-state index in [0.717, 1.165) is 41.3 Å². The minimum absolute atomic E-state index is 0.0255. The predicted octanol–water partition coefficient (Wildman–Crippen LogP) is 2.09. The predicted molar refractivity (Wildman–Crippen MR) is 137 cm³/mol. The highest BCUT2D eigenvalue weighted by molar-refractivity contribution is 5.93. The van der Waals surface area contributed by atoms with Gasteiger partial charge in [-0.1, -0.05) is 6.92 Å². The average molecular weight is 534 g/mol. The fourth-order valence-corrected chi connectivity index (χ4v) is 6.52. The topological polar surface area (TPSA) is 131 Å². The van der Waals surface area contributed by atoms with Crippen molar-refractivity contribution in [3.8, 4) is 11.4 Å². The molecule has 2 aliphatic carbocycles. The zero-order valence-electron chi connectivity index (χ0n) is 21.5. The number of carbonyl (C=O) groups excluding carboxylic acids is 2. The Morgan fingerprint density at radius 3 is 2.74 bits per heavy atom. The fourth-order valence-electron chi connectivity index (χ4n) is 6.52. The van der Waals surface area contributed by atoms with Gasteiger partial charge in [-0.05, 0) is 67.2 Å². The lowest BCUT2D eigenvalue weighted by Gasteiger charge is -2.31. The summed E-state index contributed by atoms with van der Waals surface area (Å²) in [5.74, 6) is -1.62. The Morgan fingerprint density at radius 2 is 2.00 bits per heavy atom. The molecule has 2 aromatic heterocycles. The third-order valence-corrected chi connectivity index (χ3v) is 8.89. The summed E-state index contributed by atoms with van der Waals surface area (Å²) in [7, 11) is 0. The largest absolute Gasteiger partial charge is 0.458 e. The van der Waals surface area contributed by atoms with Crippen LogP contribution in [0.5, 0.6) is 0 Å². The third-order valence-electron chi connectivity index (χ3n) is 8.89. The van der Waals surface area contributed by atoms with Crippen LogP contribution in [0.4, 0.5) is 4.39 Å². The van der Waals surface area contributed by atoms with E-state index in [1.807, 2.05) is 0 Å². The number of ether oxygens (including phenoxy) is 1. The number of aliphatic hydroxyl groups is 2. The van der Waals surface area contributed by atoms with Gasteiger partial charge < -0.3 is 24.8 Å². The molecule has 3 N–H and O–H groups in total. The first-order valence-corrected chi connectivity index (χ1v) is 13.5. The van der Waals surface area contributed by atoms with E-state index >= 15 is 4.39 Å². The van der Waals surface area contributed by atoms with Gasteiger partial charge in [0.2, 0.25) is 5.91 Å². The van der Waals surface area contributed by atoms with Crippen molar-refractivity contribution >= 4 is 22.8 Å². The molecule has 0 unspecified atom stereocenters. The van der Waals surface area contributed by atoms with E-state index in [0.29, 0.717) is 35.3 Å². The summed E-state index contributed by atoms with van der Waals surface area (Å²) in [6.45, 7) is 1.66. The maximum Gasteiger partial charge on any atom is 0.343 e. The lowest BCUT2D eigenvalue weighted by atomic mass is 9.86. The number of aryl methyl sites for hydroxylation is 1. The highest BCUT2D eigenvalue weighted by Crippen LogP contribution is 2.42. The Bertz CT molecular complexity index is 1680. The zero-order valence-corrected chi connectivity index (χ0v) is 21.5. The molecule has 10 heteroatoms. The zero-order chi connectivity index (χ0) is 27.2. The van der Waals surface area contributed by atoms with Crippen LogP contribution >= 0.6 is 0 Å². The molecule has 0 saturated heterocycles. The number of halogens is 1. The van der Waals surface area contributed by atoms with Crippen molar-refractivity contribution in [3.63, 3.8) is 0 Å². The molecule has 1 saturated carbocycles. The summed E-state index contributed by atoms with van der Waals surface area (Å²) in [5.41, 5.74) is 2.35. The standard InChI is InChI=1S/C29H28FN3O6/c1-2-29(38)19-8-22-24-17(11-33(22)27(36)18(19)12-39-28(29)37)16(10-31-26(35)25(34)13-6-7-13)23-15-5-3-4-14(15)20(30)9-21(23)32-24/h8-9,13,25,34,38H,2-7,10-12H2,1H3,(H,31,35)/t25-,29-/m0/s1. The van der Waals surface area contributed by atoms with Crippen LogP contribution in [0.1, 0.15) is 66.0 Å². The number of amides is 1. The number of aliphatic hydroxyl groups excluding tert-OH is 1. The maximum atomic E-state index is 15.1. The summed E-state index contributed by atoms with van der Waals surface area (Å²) < 4.78 is 21.8. The Labute approximate surface area is 222 Å². The summed E-state index contributed by atoms with van der Waals surface area (Å²) in [6, 6.07) is 3.03. The van der Waals surface area contributed by atoms with Crippen LogP contribution in [0.25, 0.3) is 22.3 Å². The van der Waals surface area contributed by atoms with E-state index in [1.54, 1.807) is 13.0 Å². The van der Waals surface area contributed by atoms with Crippen molar-refractivity contribution in [3.05, 3.63) is 61.7 Å². The van der Waals surface area contributed by atoms with Crippen molar-refractivity contribution in [1.29, 1.82) is 0 Å². The van der Waals surface area contributed by atoms with E-state index in [2.05, 4.69) is 5.32 Å². The van der Waals surface area contributed by atoms with Gasteiger partial charge >= 0.3 is 5.97 Å². The van der Waals surface area contributed by atoms with Crippen LogP contribution in [0.15, 0.2) is 16.9 Å². The van der Waals surface area contributed by atoms with Crippen molar-refractivity contribution in [2.75, 3.05) is 0 Å². The molecule has 9 nitrogen and oxygen atoms in total. The number of benzene rings is 1. The lowest BCUT2D eigenvalue weighted by Crippen LogP contribution is -2.44. The van der Waals surface area contributed by atoms with Gasteiger partial charge in [-0.2, -0.15) is 0 Å². The molecule has 1 amide bonds. The summed E-state index contributed by atoms with van der Waals surface area (Å²) in [4.78, 5) is 43.7. The molecule has 0 radical (unpaired) electrons. The lowest BCUT2D eigenvalue weighted by molar-refractivity contribution is -0.172. The van der Waals surface area contributed by atoms with Crippen LogP contribution in [-0.4, -0.2) is 37.7 Å². The summed E-state index contributed by atoms with van der Waals surface area (Å²) >= 11 is 0. The molecule has 2 atom stereocenters. The minimum atomic E-state index is -1.95. The first-order valence-electron chi connectivity index (χ1n) is 13.5. The minimum Gasteiger partial charge on any atom is -0.458 e. The molecule has 39 heavy (non-hydrogen) atoms. The summed E-state index contributed by atoms with van der Waals surface area (Å²) in [5, 5.41) is 25.1. The number of fused-ring (bicyclic) bond motifs is 7.